The third kappa shape index (κ3) is 7.34. The summed E-state index contributed by atoms with van der Waals surface area (Å²) in [7, 11) is 0. The van der Waals surface area contributed by atoms with Crippen molar-refractivity contribution in [1.29, 1.82) is 0 Å². The second kappa shape index (κ2) is 11.4. The fourth-order valence-electron chi connectivity index (χ4n) is 3.15. The molecule has 2 N–H and O–H groups in total. The number of rotatable bonds is 9. The standard InChI is InChI=1S/C21H27NO9/c1-4-17(26)31-18-15(10-16(22)25)30-21(29-13(3)24)20(28-12(2)23)19(18)27-11-14-8-6-5-7-9-14/h5-9,15,18-21H,4,10-11H2,1-3H3,(H2,22,25)/t15?,18-,19?,20?,21-/m1/s1. The van der Waals surface area contributed by atoms with Crippen LogP contribution in [0, 0.1) is 0 Å². The summed E-state index contributed by atoms with van der Waals surface area (Å²) in [5.41, 5.74) is 6.13. The van der Waals surface area contributed by atoms with Crippen molar-refractivity contribution < 1.29 is 42.9 Å². The van der Waals surface area contributed by atoms with E-state index in [4.69, 9.17) is 29.4 Å². The molecule has 1 aromatic rings. The Morgan fingerprint density at radius 3 is 2.13 bits per heavy atom. The fourth-order valence-corrected chi connectivity index (χ4v) is 3.15. The monoisotopic (exact) mass is 437 g/mol. The number of carbonyl (C=O) groups is 4. The van der Waals surface area contributed by atoms with E-state index >= 15 is 0 Å². The highest BCUT2D eigenvalue weighted by molar-refractivity contribution is 5.74. The number of esters is 3. The number of nitrogens with two attached hydrogens (primary N) is 1. The Labute approximate surface area is 179 Å². The normalized spacial score (nSPS) is 25.3. The van der Waals surface area contributed by atoms with E-state index in [1.807, 2.05) is 30.3 Å². The van der Waals surface area contributed by atoms with Gasteiger partial charge in [0, 0.05) is 20.3 Å². The molecule has 0 spiro atoms. The van der Waals surface area contributed by atoms with Crippen LogP contribution < -0.4 is 5.73 Å². The topological polar surface area (TPSA) is 140 Å². The van der Waals surface area contributed by atoms with E-state index in [2.05, 4.69) is 0 Å². The van der Waals surface area contributed by atoms with Gasteiger partial charge in [-0.1, -0.05) is 37.3 Å². The summed E-state index contributed by atoms with van der Waals surface area (Å²) in [6.07, 6.45) is -6.23. The molecule has 1 aliphatic rings. The summed E-state index contributed by atoms with van der Waals surface area (Å²) < 4.78 is 27.7. The molecule has 170 valence electrons. The Bertz CT molecular complexity index is 782. The smallest absolute Gasteiger partial charge is 0.305 e. The van der Waals surface area contributed by atoms with Crippen LogP contribution in [-0.4, -0.2) is 54.5 Å². The third-order valence-corrected chi connectivity index (χ3v) is 4.42. The zero-order valence-electron chi connectivity index (χ0n) is 17.6. The van der Waals surface area contributed by atoms with Crippen molar-refractivity contribution in [2.24, 2.45) is 5.73 Å². The number of primary amides is 1. The van der Waals surface area contributed by atoms with E-state index in [-0.39, 0.29) is 19.4 Å². The van der Waals surface area contributed by atoms with Crippen molar-refractivity contribution in [2.45, 2.75) is 70.9 Å². The molecule has 10 nitrogen and oxygen atoms in total. The third-order valence-electron chi connectivity index (χ3n) is 4.42. The minimum absolute atomic E-state index is 0.0524. The number of hydrogen-bond donors (Lipinski definition) is 1. The first-order valence-corrected chi connectivity index (χ1v) is 9.84. The SMILES string of the molecule is CCC(=O)O[C@@H]1C(CC(N)=O)O[C@@H](OC(C)=O)C(OC(C)=O)C1OCc1ccccc1. The maximum Gasteiger partial charge on any atom is 0.305 e. The Hall–Kier alpha value is -2.98. The molecule has 2 rings (SSSR count). The quantitative estimate of drug-likeness (QED) is 0.442. The molecule has 3 unspecified atom stereocenters. The van der Waals surface area contributed by atoms with Crippen molar-refractivity contribution >= 4 is 23.8 Å². The van der Waals surface area contributed by atoms with Gasteiger partial charge >= 0.3 is 17.9 Å². The van der Waals surface area contributed by atoms with Crippen LogP contribution in [0.2, 0.25) is 0 Å². The average Bonchev–Trinajstić information content (AvgIpc) is 2.69. The van der Waals surface area contributed by atoms with Crippen LogP contribution in [0.15, 0.2) is 30.3 Å². The molecule has 1 heterocycles. The molecule has 5 atom stereocenters. The van der Waals surface area contributed by atoms with Gasteiger partial charge in [-0.15, -0.1) is 0 Å². The first kappa shape index (κ1) is 24.3. The van der Waals surface area contributed by atoms with Gasteiger partial charge in [-0.25, -0.2) is 0 Å². The van der Waals surface area contributed by atoms with Crippen molar-refractivity contribution in [3.8, 4) is 0 Å². The number of ether oxygens (including phenoxy) is 5. The Balaban J connectivity index is 2.41. The summed E-state index contributed by atoms with van der Waals surface area (Å²) in [6, 6.07) is 9.11. The van der Waals surface area contributed by atoms with E-state index in [1.165, 1.54) is 6.92 Å². The highest BCUT2D eigenvalue weighted by Gasteiger charge is 2.52. The average molecular weight is 437 g/mol. The summed E-state index contributed by atoms with van der Waals surface area (Å²) in [5.74, 6) is -2.69. The Morgan fingerprint density at radius 2 is 1.58 bits per heavy atom. The first-order valence-electron chi connectivity index (χ1n) is 9.84. The molecule has 0 aliphatic carbocycles. The van der Waals surface area contributed by atoms with Crippen molar-refractivity contribution in [2.75, 3.05) is 0 Å². The summed E-state index contributed by atoms with van der Waals surface area (Å²) in [6.45, 7) is 3.99. The van der Waals surface area contributed by atoms with Gasteiger partial charge < -0.3 is 29.4 Å². The van der Waals surface area contributed by atoms with E-state index in [1.54, 1.807) is 6.92 Å². The van der Waals surface area contributed by atoms with Crippen LogP contribution >= 0.6 is 0 Å². The van der Waals surface area contributed by atoms with Gasteiger partial charge in [0.2, 0.25) is 12.2 Å². The maximum atomic E-state index is 12.1. The molecule has 1 saturated heterocycles. The predicted octanol–water partition coefficient (Wildman–Crippen LogP) is 0.989. The molecule has 10 heteroatoms. The lowest BCUT2D eigenvalue weighted by atomic mass is 9.95. The van der Waals surface area contributed by atoms with Gasteiger partial charge in [0.05, 0.1) is 13.0 Å². The minimum atomic E-state index is -1.39. The van der Waals surface area contributed by atoms with Crippen LogP contribution in [0.25, 0.3) is 0 Å². The van der Waals surface area contributed by atoms with E-state index < -0.39 is 54.5 Å². The first-order chi connectivity index (χ1) is 14.7. The van der Waals surface area contributed by atoms with E-state index in [0.717, 1.165) is 12.5 Å². The van der Waals surface area contributed by atoms with Gasteiger partial charge in [-0.05, 0) is 5.56 Å². The second-order valence-electron chi connectivity index (χ2n) is 6.97. The number of carbonyl (C=O) groups excluding carboxylic acids is 4. The van der Waals surface area contributed by atoms with Gasteiger partial charge in [0.15, 0.2) is 12.2 Å². The van der Waals surface area contributed by atoms with Crippen LogP contribution in [0.3, 0.4) is 0 Å². The molecule has 0 aromatic heterocycles. The molecule has 1 aliphatic heterocycles. The lowest BCUT2D eigenvalue weighted by molar-refractivity contribution is -0.301. The zero-order chi connectivity index (χ0) is 23.0. The summed E-state index contributed by atoms with van der Waals surface area (Å²) >= 11 is 0. The van der Waals surface area contributed by atoms with Gasteiger partial charge in [-0.3, -0.25) is 19.2 Å². The van der Waals surface area contributed by atoms with Gasteiger partial charge in [0.1, 0.15) is 12.2 Å². The Morgan fingerprint density at radius 1 is 0.935 bits per heavy atom. The summed E-state index contributed by atoms with van der Waals surface area (Å²) in [4.78, 5) is 47.0. The molecule has 0 radical (unpaired) electrons. The molecule has 1 amide bonds. The molecule has 1 aromatic carbocycles. The lowest BCUT2D eigenvalue weighted by Crippen LogP contribution is -2.62. The van der Waals surface area contributed by atoms with Crippen LogP contribution in [0.1, 0.15) is 39.2 Å². The summed E-state index contributed by atoms with van der Waals surface area (Å²) in [5, 5.41) is 0. The largest absolute Gasteiger partial charge is 0.457 e. The maximum absolute atomic E-state index is 12.1. The highest BCUT2D eigenvalue weighted by atomic mass is 16.7. The fraction of sp³-hybridized carbons (Fsp3) is 0.524. The number of amides is 1. The zero-order valence-corrected chi connectivity index (χ0v) is 17.6. The minimum Gasteiger partial charge on any atom is -0.457 e. The number of benzene rings is 1. The van der Waals surface area contributed by atoms with Crippen molar-refractivity contribution in [3.63, 3.8) is 0 Å². The predicted molar refractivity (Wildman–Crippen MR) is 105 cm³/mol. The van der Waals surface area contributed by atoms with Crippen molar-refractivity contribution in [1.82, 2.24) is 0 Å². The van der Waals surface area contributed by atoms with Crippen LogP contribution in [0.4, 0.5) is 0 Å². The van der Waals surface area contributed by atoms with Crippen LogP contribution in [0.5, 0.6) is 0 Å². The molecule has 1 fully saturated rings. The van der Waals surface area contributed by atoms with E-state index in [9.17, 15) is 19.2 Å². The van der Waals surface area contributed by atoms with Crippen LogP contribution in [-0.2, 0) is 49.5 Å². The highest BCUT2D eigenvalue weighted by Crippen LogP contribution is 2.31. The van der Waals surface area contributed by atoms with E-state index in [0.29, 0.717) is 0 Å². The molecular weight excluding hydrogens is 410 g/mol. The second-order valence-corrected chi connectivity index (χ2v) is 6.97. The molecule has 0 bridgehead atoms. The Kier molecular flexibility index (Phi) is 8.95. The van der Waals surface area contributed by atoms with Gasteiger partial charge in [0.25, 0.3) is 0 Å². The molecule has 0 saturated carbocycles. The van der Waals surface area contributed by atoms with Gasteiger partial charge in [-0.2, -0.15) is 0 Å². The lowest BCUT2D eigenvalue weighted by Gasteiger charge is -2.44. The number of hydrogen-bond acceptors (Lipinski definition) is 9. The van der Waals surface area contributed by atoms with Crippen molar-refractivity contribution in [3.05, 3.63) is 35.9 Å². The molecule has 31 heavy (non-hydrogen) atoms. The molecular formula is C21H27NO9.